The molecule has 1 amide bonds. The molecule has 0 bridgehead atoms. The van der Waals surface area contributed by atoms with E-state index >= 15 is 0 Å². The topological polar surface area (TPSA) is 51.7 Å². The van der Waals surface area contributed by atoms with Gasteiger partial charge in [0.1, 0.15) is 18.0 Å². The third-order valence-electron chi connectivity index (χ3n) is 6.29. The van der Waals surface area contributed by atoms with E-state index in [1.807, 2.05) is 23.2 Å². The fourth-order valence-corrected chi connectivity index (χ4v) is 4.48. The van der Waals surface area contributed by atoms with Gasteiger partial charge in [-0.15, -0.1) is 12.4 Å². The largest absolute Gasteiger partial charge is 0.490 e. The van der Waals surface area contributed by atoms with Gasteiger partial charge in [0.25, 0.3) is 5.91 Å². The number of ether oxygens (including phenoxy) is 2. The van der Waals surface area contributed by atoms with Crippen molar-refractivity contribution in [3.63, 3.8) is 0 Å². The molecule has 2 aromatic carbocycles. The molecule has 1 atom stereocenters. The van der Waals surface area contributed by atoms with Crippen LogP contribution in [0.3, 0.4) is 0 Å². The second-order valence-corrected chi connectivity index (χ2v) is 8.59. The predicted molar refractivity (Wildman–Crippen MR) is 128 cm³/mol. The Kier molecular flexibility index (Phi) is 6.97. The van der Waals surface area contributed by atoms with Crippen LogP contribution in [0.2, 0.25) is 0 Å². The highest BCUT2D eigenvalue weighted by Gasteiger charge is 2.31. The first-order valence-electron chi connectivity index (χ1n) is 11.2. The Balaban J connectivity index is 0.00000245. The third-order valence-corrected chi connectivity index (χ3v) is 6.29. The minimum Gasteiger partial charge on any atom is -0.490 e. The number of amides is 1. The van der Waals surface area contributed by atoms with Crippen molar-refractivity contribution in [3.05, 3.63) is 60.3 Å². The quantitative estimate of drug-likeness (QED) is 0.547. The maximum atomic E-state index is 12.5. The van der Waals surface area contributed by atoms with Crippen molar-refractivity contribution in [2.24, 2.45) is 0 Å². The number of hydrogen-bond donors (Lipinski definition) is 0. The Hall–Kier alpha value is -2.63. The maximum absolute atomic E-state index is 12.5. The molecule has 2 aliphatic heterocycles. The summed E-state index contributed by atoms with van der Waals surface area (Å²) in [5.41, 5.74) is 4.47. The molecule has 0 aliphatic carbocycles. The molecule has 2 saturated heterocycles. The van der Waals surface area contributed by atoms with Crippen LogP contribution >= 0.6 is 12.4 Å². The highest BCUT2D eigenvalue weighted by molar-refractivity contribution is 5.85. The maximum Gasteiger partial charge on any atom is 0.251 e. The molecular weight excluding hydrogens is 424 g/mol. The molecule has 168 valence electrons. The van der Waals surface area contributed by atoms with Gasteiger partial charge in [-0.3, -0.25) is 9.78 Å². The lowest BCUT2D eigenvalue weighted by Crippen LogP contribution is -2.45. The van der Waals surface area contributed by atoms with E-state index in [0.29, 0.717) is 6.61 Å². The van der Waals surface area contributed by atoms with Gasteiger partial charge < -0.3 is 14.4 Å². The average molecular weight is 453 g/mol. The molecule has 3 heterocycles. The van der Waals surface area contributed by atoms with E-state index in [4.69, 9.17) is 9.47 Å². The van der Waals surface area contributed by atoms with E-state index in [1.54, 1.807) is 0 Å². The molecule has 5 rings (SSSR count). The summed E-state index contributed by atoms with van der Waals surface area (Å²) in [5.74, 6) is 1.02. The minimum atomic E-state index is -0.223. The molecule has 5 nitrogen and oxygen atoms in total. The normalized spacial score (nSPS) is 19.0. The molecule has 0 unspecified atom stereocenters. The first-order chi connectivity index (χ1) is 15.2. The molecule has 2 aliphatic rings. The number of aryl methyl sites for hydroxylation is 1. The van der Waals surface area contributed by atoms with Crippen LogP contribution in [-0.4, -0.2) is 47.7 Å². The van der Waals surface area contributed by atoms with Crippen molar-refractivity contribution in [2.45, 2.75) is 44.8 Å². The lowest BCUT2D eigenvalue weighted by atomic mass is 10.0. The zero-order valence-electron chi connectivity index (χ0n) is 18.3. The SMILES string of the molecule is Cc1ccc2cc(-c3ccc(OC4CCN(C(=O)[C@H]5CCCO5)CC4)cc3)cnc2c1.Cl. The highest BCUT2D eigenvalue weighted by Crippen LogP contribution is 2.27. The van der Waals surface area contributed by atoms with Gasteiger partial charge in [-0.1, -0.05) is 24.3 Å². The molecule has 6 heteroatoms. The molecule has 1 aromatic heterocycles. The van der Waals surface area contributed by atoms with E-state index < -0.39 is 0 Å². The number of aromatic nitrogens is 1. The number of rotatable bonds is 4. The van der Waals surface area contributed by atoms with Gasteiger partial charge in [0, 0.05) is 49.7 Å². The molecule has 2 fully saturated rings. The minimum absolute atomic E-state index is 0. The van der Waals surface area contributed by atoms with E-state index in [-0.39, 0.29) is 30.5 Å². The van der Waals surface area contributed by atoms with Gasteiger partial charge in [-0.25, -0.2) is 0 Å². The standard InChI is InChI=1S/C26H28N2O3.ClH/c1-18-4-5-20-16-21(17-27-24(20)15-18)19-6-8-22(9-7-19)31-23-10-12-28(13-11-23)26(29)25-3-2-14-30-25;/h4-9,15-17,23,25H,2-3,10-14H2,1H3;1H/t25-;/m1./s1. The zero-order chi connectivity index (χ0) is 21.2. The fraction of sp³-hybridized carbons (Fsp3) is 0.385. The number of benzene rings is 2. The summed E-state index contributed by atoms with van der Waals surface area (Å²) < 4.78 is 11.7. The van der Waals surface area contributed by atoms with Crippen molar-refractivity contribution in [1.82, 2.24) is 9.88 Å². The average Bonchev–Trinajstić information content (AvgIpc) is 3.34. The predicted octanol–water partition coefficient (Wildman–Crippen LogP) is 5.18. The summed E-state index contributed by atoms with van der Waals surface area (Å²) >= 11 is 0. The van der Waals surface area contributed by atoms with Crippen LogP contribution in [0.1, 0.15) is 31.2 Å². The van der Waals surface area contributed by atoms with Crippen molar-refractivity contribution in [2.75, 3.05) is 19.7 Å². The van der Waals surface area contributed by atoms with Crippen molar-refractivity contribution in [3.8, 4) is 16.9 Å². The summed E-state index contributed by atoms with van der Waals surface area (Å²) in [6.07, 6.45) is 5.40. The van der Waals surface area contributed by atoms with Crippen LogP contribution in [0, 0.1) is 6.92 Å². The summed E-state index contributed by atoms with van der Waals surface area (Å²) in [4.78, 5) is 19.0. The number of hydrogen-bond acceptors (Lipinski definition) is 4. The molecule has 0 spiro atoms. The Bertz CT molecular complexity index is 1070. The Morgan fingerprint density at radius 3 is 2.53 bits per heavy atom. The van der Waals surface area contributed by atoms with Gasteiger partial charge in [0.15, 0.2) is 0 Å². The number of carbonyl (C=O) groups is 1. The van der Waals surface area contributed by atoms with Crippen LogP contribution in [-0.2, 0) is 9.53 Å². The van der Waals surface area contributed by atoms with Crippen LogP contribution in [0.25, 0.3) is 22.0 Å². The Morgan fingerprint density at radius 1 is 1.03 bits per heavy atom. The number of piperidine rings is 1. The van der Waals surface area contributed by atoms with Crippen LogP contribution in [0.15, 0.2) is 54.7 Å². The summed E-state index contributed by atoms with van der Waals surface area (Å²) in [6.45, 7) is 4.27. The molecule has 0 N–H and O–H groups in total. The van der Waals surface area contributed by atoms with Crippen molar-refractivity contribution >= 4 is 29.2 Å². The molecular formula is C26H29ClN2O3. The van der Waals surface area contributed by atoms with Crippen LogP contribution in [0.5, 0.6) is 5.75 Å². The van der Waals surface area contributed by atoms with E-state index in [1.165, 1.54) is 5.56 Å². The summed E-state index contributed by atoms with van der Waals surface area (Å²) in [7, 11) is 0. The number of likely N-dealkylation sites (tertiary alicyclic amines) is 1. The van der Waals surface area contributed by atoms with Crippen LogP contribution < -0.4 is 4.74 Å². The molecule has 0 saturated carbocycles. The monoisotopic (exact) mass is 452 g/mol. The van der Waals surface area contributed by atoms with E-state index in [0.717, 1.165) is 66.6 Å². The van der Waals surface area contributed by atoms with Gasteiger partial charge in [-0.05, 0) is 55.2 Å². The van der Waals surface area contributed by atoms with Crippen LogP contribution in [0.4, 0.5) is 0 Å². The molecule has 0 radical (unpaired) electrons. The first-order valence-corrected chi connectivity index (χ1v) is 11.2. The van der Waals surface area contributed by atoms with E-state index in [9.17, 15) is 4.79 Å². The molecule has 3 aromatic rings. The smallest absolute Gasteiger partial charge is 0.251 e. The Morgan fingerprint density at radius 2 is 1.81 bits per heavy atom. The number of nitrogens with zero attached hydrogens (tertiary/aromatic N) is 2. The van der Waals surface area contributed by atoms with Gasteiger partial charge >= 0.3 is 0 Å². The lowest BCUT2D eigenvalue weighted by molar-refractivity contribution is -0.142. The second kappa shape index (κ2) is 9.88. The Labute approximate surface area is 195 Å². The third kappa shape index (κ3) is 4.89. The lowest BCUT2D eigenvalue weighted by Gasteiger charge is -2.33. The number of halogens is 1. The van der Waals surface area contributed by atoms with Crippen molar-refractivity contribution in [1.29, 1.82) is 0 Å². The van der Waals surface area contributed by atoms with Gasteiger partial charge in [0.2, 0.25) is 0 Å². The number of pyridine rings is 1. The highest BCUT2D eigenvalue weighted by atomic mass is 35.5. The van der Waals surface area contributed by atoms with Gasteiger partial charge in [-0.2, -0.15) is 0 Å². The number of carbonyl (C=O) groups excluding carboxylic acids is 1. The summed E-state index contributed by atoms with van der Waals surface area (Å²) in [6, 6.07) is 16.7. The van der Waals surface area contributed by atoms with Gasteiger partial charge in [0.05, 0.1) is 5.52 Å². The van der Waals surface area contributed by atoms with Crippen molar-refractivity contribution < 1.29 is 14.3 Å². The zero-order valence-corrected chi connectivity index (χ0v) is 19.1. The van der Waals surface area contributed by atoms with E-state index in [2.05, 4.69) is 48.3 Å². The molecule has 32 heavy (non-hydrogen) atoms. The second-order valence-electron chi connectivity index (χ2n) is 8.59. The first kappa shape index (κ1) is 22.6. The summed E-state index contributed by atoms with van der Waals surface area (Å²) in [5, 5.41) is 1.15. The number of fused-ring (bicyclic) bond motifs is 1. The fourth-order valence-electron chi connectivity index (χ4n) is 4.48.